The predicted octanol–water partition coefficient (Wildman–Crippen LogP) is 4.61. The molecule has 1 aliphatic rings. The molecule has 1 aromatic rings. The fraction of sp³-hybridized carbons (Fsp3) is 0.733. The number of hydrogen-bond donors (Lipinski definition) is 1. The summed E-state index contributed by atoms with van der Waals surface area (Å²) < 4.78 is 0. The first-order valence-corrected chi connectivity index (χ1v) is 7.88. The topological polar surface area (TPSA) is 12.0 Å². The van der Waals surface area contributed by atoms with Crippen LogP contribution in [0, 0.1) is 11.8 Å². The molecule has 96 valence electrons. The lowest BCUT2D eigenvalue weighted by atomic mass is 9.79. The van der Waals surface area contributed by atoms with Gasteiger partial charge in [-0.15, -0.1) is 11.3 Å². The summed E-state index contributed by atoms with van der Waals surface area (Å²) in [6, 6.07) is 5.72. The Balaban J connectivity index is 1.95. The van der Waals surface area contributed by atoms with E-state index < -0.39 is 0 Å². The summed E-state index contributed by atoms with van der Waals surface area (Å²) >= 11 is 1.88. The minimum Gasteiger partial charge on any atom is -0.306 e. The molecule has 0 amide bonds. The maximum absolute atomic E-state index is 3.89. The Morgan fingerprint density at radius 1 is 1.41 bits per heavy atom. The van der Waals surface area contributed by atoms with E-state index in [9.17, 15) is 0 Å². The highest BCUT2D eigenvalue weighted by atomic mass is 32.1. The van der Waals surface area contributed by atoms with E-state index in [1.54, 1.807) is 0 Å². The van der Waals surface area contributed by atoms with Crippen LogP contribution in [0.1, 0.15) is 57.4 Å². The van der Waals surface area contributed by atoms with Gasteiger partial charge in [0, 0.05) is 17.0 Å². The van der Waals surface area contributed by atoms with Gasteiger partial charge < -0.3 is 5.32 Å². The van der Waals surface area contributed by atoms with E-state index in [1.807, 2.05) is 11.3 Å². The first-order chi connectivity index (χ1) is 8.20. The largest absolute Gasteiger partial charge is 0.306 e. The first kappa shape index (κ1) is 13.1. The lowest BCUT2D eigenvalue weighted by Gasteiger charge is -2.35. The van der Waals surface area contributed by atoms with Crippen molar-refractivity contribution in [1.29, 1.82) is 0 Å². The Labute approximate surface area is 110 Å². The molecular formula is C15H25NS. The maximum Gasteiger partial charge on any atom is 0.0414 e. The zero-order valence-corrected chi connectivity index (χ0v) is 12.1. The summed E-state index contributed by atoms with van der Waals surface area (Å²) in [5, 5.41) is 6.08. The van der Waals surface area contributed by atoms with Gasteiger partial charge in [-0.3, -0.25) is 0 Å². The zero-order valence-electron chi connectivity index (χ0n) is 11.3. The Morgan fingerprint density at radius 2 is 2.24 bits per heavy atom. The summed E-state index contributed by atoms with van der Waals surface area (Å²) in [5.74, 6) is 1.75. The van der Waals surface area contributed by atoms with Crippen molar-refractivity contribution in [2.75, 3.05) is 0 Å². The van der Waals surface area contributed by atoms with Crippen molar-refractivity contribution in [3.05, 3.63) is 22.4 Å². The quantitative estimate of drug-likeness (QED) is 0.823. The molecule has 1 fully saturated rings. The summed E-state index contributed by atoms with van der Waals surface area (Å²) in [6.45, 7) is 7.09. The number of thiophene rings is 1. The van der Waals surface area contributed by atoms with Gasteiger partial charge in [-0.05, 0) is 49.0 Å². The van der Waals surface area contributed by atoms with Crippen LogP contribution in [0.15, 0.2) is 17.5 Å². The number of nitrogens with one attached hydrogen (secondary N) is 1. The normalized spacial score (nSPS) is 31.4. The van der Waals surface area contributed by atoms with E-state index in [2.05, 4.69) is 43.6 Å². The van der Waals surface area contributed by atoms with Crippen LogP contribution in [0.25, 0.3) is 0 Å². The van der Waals surface area contributed by atoms with Crippen molar-refractivity contribution in [2.24, 2.45) is 11.8 Å². The van der Waals surface area contributed by atoms with Crippen molar-refractivity contribution >= 4 is 11.3 Å². The van der Waals surface area contributed by atoms with Gasteiger partial charge in [0.2, 0.25) is 0 Å². The summed E-state index contributed by atoms with van der Waals surface area (Å²) in [7, 11) is 0. The van der Waals surface area contributed by atoms with Crippen LogP contribution in [0.5, 0.6) is 0 Å². The Hall–Kier alpha value is -0.340. The Morgan fingerprint density at radius 3 is 2.82 bits per heavy atom. The van der Waals surface area contributed by atoms with Crippen molar-refractivity contribution in [1.82, 2.24) is 5.32 Å². The first-order valence-electron chi connectivity index (χ1n) is 7.00. The average molecular weight is 251 g/mol. The Bertz CT molecular complexity index is 320. The average Bonchev–Trinajstić information content (AvgIpc) is 2.81. The second-order valence-electron chi connectivity index (χ2n) is 5.64. The van der Waals surface area contributed by atoms with Crippen LogP contribution >= 0.6 is 11.3 Å². The summed E-state index contributed by atoms with van der Waals surface area (Å²) in [5.41, 5.74) is 0. The van der Waals surface area contributed by atoms with Crippen molar-refractivity contribution < 1.29 is 0 Å². The van der Waals surface area contributed by atoms with Crippen molar-refractivity contribution in [2.45, 2.75) is 58.5 Å². The highest BCUT2D eigenvalue weighted by molar-refractivity contribution is 7.10. The van der Waals surface area contributed by atoms with E-state index >= 15 is 0 Å². The molecule has 1 saturated carbocycles. The molecule has 1 N–H and O–H groups in total. The monoisotopic (exact) mass is 251 g/mol. The third-order valence-electron chi connectivity index (χ3n) is 4.14. The lowest BCUT2D eigenvalue weighted by molar-refractivity contribution is 0.212. The zero-order chi connectivity index (χ0) is 12.3. The van der Waals surface area contributed by atoms with E-state index in [1.165, 1.54) is 30.6 Å². The predicted molar refractivity (Wildman–Crippen MR) is 76.5 cm³/mol. The minimum atomic E-state index is 0.566. The fourth-order valence-corrected chi connectivity index (χ4v) is 3.93. The lowest BCUT2D eigenvalue weighted by Crippen LogP contribution is -2.40. The van der Waals surface area contributed by atoms with Crippen molar-refractivity contribution in [3.63, 3.8) is 0 Å². The standard InChI is InChI=1S/C15H25NS/c1-4-13(15-6-5-9-17-15)16-14-8-7-11(2)10-12(14)3/h5-6,9,11-14,16H,4,7-8,10H2,1-3H3. The smallest absolute Gasteiger partial charge is 0.0414 e. The minimum absolute atomic E-state index is 0.566. The van der Waals surface area contributed by atoms with Crippen LogP contribution < -0.4 is 5.32 Å². The summed E-state index contributed by atoms with van der Waals surface area (Å²) in [4.78, 5) is 1.50. The number of hydrogen-bond acceptors (Lipinski definition) is 2. The molecule has 17 heavy (non-hydrogen) atoms. The van der Waals surface area contributed by atoms with Gasteiger partial charge in [0.15, 0.2) is 0 Å². The fourth-order valence-electron chi connectivity index (χ4n) is 3.06. The van der Waals surface area contributed by atoms with Gasteiger partial charge in [-0.1, -0.05) is 26.8 Å². The molecule has 1 aliphatic carbocycles. The highest BCUT2D eigenvalue weighted by Crippen LogP contribution is 2.31. The third kappa shape index (κ3) is 3.32. The molecule has 0 aliphatic heterocycles. The van der Waals surface area contributed by atoms with Crippen molar-refractivity contribution in [3.8, 4) is 0 Å². The highest BCUT2D eigenvalue weighted by Gasteiger charge is 2.27. The molecule has 0 radical (unpaired) electrons. The van der Waals surface area contributed by atoms with Crippen LogP contribution in [-0.2, 0) is 0 Å². The molecule has 1 heterocycles. The summed E-state index contributed by atoms with van der Waals surface area (Å²) in [6.07, 6.45) is 5.32. The third-order valence-corrected chi connectivity index (χ3v) is 5.13. The maximum atomic E-state index is 3.89. The van der Waals surface area contributed by atoms with Crippen LogP contribution in [0.2, 0.25) is 0 Å². The molecule has 0 saturated heterocycles. The van der Waals surface area contributed by atoms with E-state index in [4.69, 9.17) is 0 Å². The molecule has 1 aromatic heterocycles. The van der Waals surface area contributed by atoms with Crippen LogP contribution in [0.3, 0.4) is 0 Å². The van der Waals surface area contributed by atoms with E-state index in [-0.39, 0.29) is 0 Å². The number of rotatable bonds is 4. The van der Waals surface area contributed by atoms with Gasteiger partial charge in [-0.25, -0.2) is 0 Å². The molecular weight excluding hydrogens is 226 g/mol. The van der Waals surface area contributed by atoms with Gasteiger partial charge in [-0.2, -0.15) is 0 Å². The van der Waals surface area contributed by atoms with Crippen LogP contribution in [0.4, 0.5) is 0 Å². The molecule has 0 bridgehead atoms. The second-order valence-corrected chi connectivity index (χ2v) is 6.62. The van der Waals surface area contributed by atoms with E-state index in [0.717, 1.165) is 17.9 Å². The molecule has 0 spiro atoms. The molecule has 2 rings (SSSR count). The molecule has 1 nitrogen and oxygen atoms in total. The molecule has 4 unspecified atom stereocenters. The molecule has 4 atom stereocenters. The SMILES string of the molecule is CCC(NC1CCC(C)CC1C)c1cccs1. The molecule has 2 heteroatoms. The second kappa shape index (κ2) is 6.01. The van der Waals surface area contributed by atoms with Gasteiger partial charge in [0.25, 0.3) is 0 Å². The van der Waals surface area contributed by atoms with Gasteiger partial charge in [0.1, 0.15) is 0 Å². The van der Waals surface area contributed by atoms with Crippen LogP contribution in [-0.4, -0.2) is 6.04 Å². The molecule has 0 aromatic carbocycles. The van der Waals surface area contributed by atoms with Gasteiger partial charge in [0.05, 0.1) is 0 Å². The van der Waals surface area contributed by atoms with Gasteiger partial charge >= 0.3 is 0 Å². The Kier molecular flexibility index (Phi) is 4.63. The van der Waals surface area contributed by atoms with E-state index in [0.29, 0.717) is 6.04 Å².